The number of hydrogen-bond acceptors (Lipinski definition) is 2. The fourth-order valence-electron chi connectivity index (χ4n) is 11.7. The van der Waals surface area contributed by atoms with E-state index in [2.05, 4.69) is 254 Å². The SMILES string of the molecule is CC1(C)c2cc(Cl)ccc2-c2ccc(N(c3ccc(-c4ccc5c6ccccc6n(-c6ccc(N(c7ccccc7)c7ccccc7)cc6)c5c4)cc3)c3ccc4c(c3)C(C)(C)c3cc(Cl)ccc3-4)cc21. The molecule has 0 saturated heterocycles. The first-order valence-corrected chi connectivity index (χ1v) is 25.1. The summed E-state index contributed by atoms with van der Waals surface area (Å²) in [7, 11) is 0. The first-order valence-electron chi connectivity index (χ1n) is 24.4. The van der Waals surface area contributed by atoms with Gasteiger partial charge in [0.05, 0.1) is 11.0 Å². The van der Waals surface area contributed by atoms with Gasteiger partial charge in [-0.3, -0.25) is 0 Å². The summed E-state index contributed by atoms with van der Waals surface area (Å²) in [5, 5.41) is 3.98. The normalized spacial score (nSPS) is 13.7. The third-order valence-corrected chi connectivity index (χ3v) is 15.8. The van der Waals surface area contributed by atoms with Gasteiger partial charge in [-0.25, -0.2) is 0 Å². The van der Waals surface area contributed by atoms with E-state index >= 15 is 0 Å². The lowest BCUT2D eigenvalue weighted by Crippen LogP contribution is -2.18. The molecule has 0 spiro atoms. The molecule has 0 radical (unpaired) electrons. The molecule has 10 aromatic carbocycles. The maximum absolute atomic E-state index is 6.62. The third-order valence-electron chi connectivity index (χ3n) is 15.3. The monoisotopic (exact) mass is 953 g/mol. The van der Waals surface area contributed by atoms with Crippen LogP contribution in [-0.2, 0) is 10.8 Å². The summed E-state index contributed by atoms with van der Waals surface area (Å²) in [6.45, 7) is 9.25. The summed E-state index contributed by atoms with van der Waals surface area (Å²) < 4.78 is 2.41. The molecule has 0 atom stereocenters. The van der Waals surface area contributed by atoms with Gasteiger partial charge in [-0.15, -0.1) is 0 Å². The zero-order valence-electron chi connectivity index (χ0n) is 40.0. The third kappa shape index (κ3) is 6.94. The molecule has 1 heterocycles. The van der Waals surface area contributed by atoms with E-state index < -0.39 is 0 Å². The highest BCUT2D eigenvalue weighted by Crippen LogP contribution is 2.54. The minimum absolute atomic E-state index is 0.226. The van der Waals surface area contributed by atoms with E-state index in [1.165, 1.54) is 60.8 Å². The number of rotatable bonds is 8. The summed E-state index contributed by atoms with van der Waals surface area (Å²) >= 11 is 13.2. The predicted octanol–water partition coefficient (Wildman–Crippen LogP) is 19.3. The van der Waals surface area contributed by atoms with Gasteiger partial charge in [-0.05, 0) is 177 Å². The molecule has 0 N–H and O–H groups in total. The van der Waals surface area contributed by atoms with Crippen molar-refractivity contribution < 1.29 is 0 Å². The second-order valence-corrected chi connectivity index (χ2v) is 21.0. The molecule has 0 bridgehead atoms. The van der Waals surface area contributed by atoms with Crippen molar-refractivity contribution in [1.82, 2.24) is 4.57 Å². The number of anilines is 6. The van der Waals surface area contributed by atoms with Crippen LogP contribution in [0.15, 0.2) is 224 Å². The van der Waals surface area contributed by atoms with Crippen LogP contribution in [0.5, 0.6) is 0 Å². The Bertz CT molecular complexity index is 3740. The van der Waals surface area contributed by atoms with Crippen molar-refractivity contribution in [2.75, 3.05) is 9.80 Å². The summed E-state index contributed by atoms with van der Waals surface area (Å²) in [5.74, 6) is 0. The van der Waals surface area contributed by atoms with Crippen molar-refractivity contribution >= 4 is 79.1 Å². The average molecular weight is 955 g/mol. The lowest BCUT2D eigenvalue weighted by molar-refractivity contribution is 0.660. The Morgan fingerprint density at radius 1 is 0.324 bits per heavy atom. The topological polar surface area (TPSA) is 11.4 Å². The number of benzene rings is 10. The van der Waals surface area contributed by atoms with Gasteiger partial charge in [-0.1, -0.05) is 154 Å². The first kappa shape index (κ1) is 43.2. The molecule has 342 valence electrons. The summed E-state index contributed by atoms with van der Waals surface area (Å²) in [6.07, 6.45) is 0. The second kappa shape index (κ2) is 16.4. The molecular weight excluding hydrogens is 906 g/mol. The maximum atomic E-state index is 6.62. The minimum Gasteiger partial charge on any atom is -0.311 e. The molecule has 71 heavy (non-hydrogen) atoms. The Labute approximate surface area is 425 Å². The van der Waals surface area contributed by atoms with E-state index in [1.54, 1.807) is 0 Å². The Morgan fingerprint density at radius 2 is 0.718 bits per heavy atom. The molecular formula is C66H49Cl2N3. The van der Waals surface area contributed by atoms with Gasteiger partial charge in [0.2, 0.25) is 0 Å². The summed E-state index contributed by atoms with van der Waals surface area (Å²) in [4.78, 5) is 4.73. The van der Waals surface area contributed by atoms with Crippen LogP contribution in [0.1, 0.15) is 49.9 Å². The number of para-hydroxylation sites is 3. The molecule has 2 aliphatic carbocycles. The van der Waals surface area contributed by atoms with Crippen molar-refractivity contribution in [2.24, 2.45) is 0 Å². The van der Waals surface area contributed by atoms with E-state index in [4.69, 9.17) is 23.2 Å². The summed E-state index contributed by atoms with van der Waals surface area (Å²) in [5.41, 5.74) is 22.0. The highest BCUT2D eigenvalue weighted by molar-refractivity contribution is 6.31. The molecule has 11 aromatic rings. The fourth-order valence-corrected chi connectivity index (χ4v) is 12.0. The molecule has 1 aromatic heterocycles. The molecule has 0 saturated carbocycles. The van der Waals surface area contributed by atoms with Gasteiger partial charge in [-0.2, -0.15) is 0 Å². The van der Waals surface area contributed by atoms with Gasteiger partial charge >= 0.3 is 0 Å². The lowest BCUT2D eigenvalue weighted by atomic mass is 9.82. The van der Waals surface area contributed by atoms with E-state index in [0.717, 1.165) is 66.5 Å². The van der Waals surface area contributed by atoms with Crippen LogP contribution in [0.3, 0.4) is 0 Å². The number of hydrogen-bond donors (Lipinski definition) is 0. The van der Waals surface area contributed by atoms with Gasteiger partial charge in [0, 0.05) is 71.5 Å². The van der Waals surface area contributed by atoms with E-state index in [0.29, 0.717) is 0 Å². The molecule has 2 aliphatic rings. The van der Waals surface area contributed by atoms with E-state index in [1.807, 2.05) is 12.1 Å². The average Bonchev–Trinajstić information content (AvgIpc) is 3.93. The van der Waals surface area contributed by atoms with Crippen LogP contribution < -0.4 is 9.80 Å². The Morgan fingerprint density at radius 3 is 1.25 bits per heavy atom. The molecule has 0 unspecified atom stereocenters. The molecule has 0 amide bonds. The molecule has 5 heteroatoms. The van der Waals surface area contributed by atoms with E-state index in [-0.39, 0.29) is 10.8 Å². The van der Waals surface area contributed by atoms with Gasteiger partial charge in [0.15, 0.2) is 0 Å². The standard InChI is InChI=1S/C66H49Cl2N3/c1-65(2)59-38-44(67)22-33-53(59)55-35-30-51(40-61(55)65)70(52-31-36-56-54-34-23-45(68)39-60(54)66(3,4)62(56)41-52)48-24-19-42(20-25-48)43-21-32-58-57-17-11-12-18-63(57)71(64(58)37-43)50-28-26-49(27-29-50)69(46-13-7-5-8-14-46)47-15-9-6-10-16-47/h5-41H,1-4H3. The quantitative estimate of drug-likeness (QED) is 0.150. The molecule has 0 aliphatic heterocycles. The number of aromatic nitrogens is 1. The van der Waals surface area contributed by atoms with Gasteiger partial charge in [0.25, 0.3) is 0 Å². The van der Waals surface area contributed by atoms with Crippen molar-refractivity contribution in [3.63, 3.8) is 0 Å². The van der Waals surface area contributed by atoms with E-state index in [9.17, 15) is 0 Å². The lowest BCUT2D eigenvalue weighted by Gasteiger charge is -2.30. The van der Waals surface area contributed by atoms with Crippen molar-refractivity contribution in [2.45, 2.75) is 38.5 Å². The van der Waals surface area contributed by atoms with Crippen LogP contribution >= 0.6 is 23.2 Å². The highest BCUT2D eigenvalue weighted by atomic mass is 35.5. The molecule has 3 nitrogen and oxygen atoms in total. The molecule has 13 rings (SSSR count). The van der Waals surface area contributed by atoms with Crippen LogP contribution in [0.2, 0.25) is 10.0 Å². The second-order valence-electron chi connectivity index (χ2n) is 20.1. The van der Waals surface area contributed by atoms with Gasteiger partial charge in [0.1, 0.15) is 0 Å². The van der Waals surface area contributed by atoms with Gasteiger partial charge < -0.3 is 14.4 Å². The fraction of sp³-hybridized carbons (Fsp3) is 0.0909. The Hall–Kier alpha value is -7.82. The minimum atomic E-state index is -0.226. The number of halogens is 2. The predicted molar refractivity (Wildman–Crippen MR) is 301 cm³/mol. The first-order chi connectivity index (χ1) is 34.5. The largest absolute Gasteiger partial charge is 0.311 e. The maximum Gasteiger partial charge on any atom is 0.0547 e. The Kier molecular flexibility index (Phi) is 9.97. The van der Waals surface area contributed by atoms with Crippen molar-refractivity contribution in [3.05, 3.63) is 257 Å². The smallest absolute Gasteiger partial charge is 0.0547 e. The highest BCUT2D eigenvalue weighted by Gasteiger charge is 2.38. The van der Waals surface area contributed by atoms with Crippen molar-refractivity contribution in [1.29, 1.82) is 0 Å². The zero-order valence-corrected chi connectivity index (χ0v) is 41.5. The number of nitrogens with zero attached hydrogens (tertiary/aromatic N) is 3. The van der Waals surface area contributed by atoms with Crippen LogP contribution in [0, 0.1) is 0 Å². The number of fused-ring (bicyclic) bond motifs is 9. The van der Waals surface area contributed by atoms with Crippen LogP contribution in [0.25, 0.3) is 60.9 Å². The summed E-state index contributed by atoms with van der Waals surface area (Å²) in [6, 6.07) is 81.4. The Balaban J connectivity index is 0.906. The van der Waals surface area contributed by atoms with Crippen LogP contribution in [-0.4, -0.2) is 4.57 Å². The van der Waals surface area contributed by atoms with Crippen molar-refractivity contribution in [3.8, 4) is 39.1 Å². The zero-order chi connectivity index (χ0) is 48.2. The molecule has 0 fully saturated rings. The van der Waals surface area contributed by atoms with Crippen LogP contribution in [0.4, 0.5) is 34.1 Å².